The molecule has 0 aromatic heterocycles. The second-order valence-corrected chi connectivity index (χ2v) is 5.50. The first-order valence-corrected chi connectivity index (χ1v) is 6.15. The van der Waals surface area contributed by atoms with Crippen molar-refractivity contribution in [2.24, 2.45) is 0 Å². The molecule has 0 radical (unpaired) electrons. The second-order valence-electron chi connectivity index (χ2n) is 5.50. The van der Waals surface area contributed by atoms with E-state index in [1.54, 1.807) is 0 Å². The number of hydrogen-bond acceptors (Lipinski definition) is 3. The average molecular weight is 213 g/mol. The van der Waals surface area contributed by atoms with Gasteiger partial charge in [0.1, 0.15) is 0 Å². The molecule has 2 aliphatic rings. The van der Waals surface area contributed by atoms with Gasteiger partial charge in [-0.2, -0.15) is 0 Å². The maximum absolute atomic E-state index is 10.0. The number of ether oxygens (including phenoxy) is 1. The highest BCUT2D eigenvalue weighted by Crippen LogP contribution is 2.27. The Morgan fingerprint density at radius 1 is 1.27 bits per heavy atom. The van der Waals surface area contributed by atoms with Gasteiger partial charge in [0, 0.05) is 19.1 Å². The van der Waals surface area contributed by atoms with Crippen molar-refractivity contribution in [1.29, 1.82) is 0 Å². The molecule has 0 amide bonds. The zero-order valence-corrected chi connectivity index (χ0v) is 9.91. The fourth-order valence-electron chi connectivity index (χ4n) is 2.85. The van der Waals surface area contributed by atoms with Gasteiger partial charge in [0.2, 0.25) is 0 Å². The number of aliphatic hydroxyl groups is 1. The van der Waals surface area contributed by atoms with E-state index in [0.29, 0.717) is 6.04 Å². The molecule has 0 spiro atoms. The van der Waals surface area contributed by atoms with Crippen molar-refractivity contribution >= 4 is 0 Å². The third kappa shape index (κ3) is 2.71. The third-order valence-corrected chi connectivity index (χ3v) is 3.62. The molecule has 88 valence electrons. The summed E-state index contributed by atoms with van der Waals surface area (Å²) in [5, 5.41) is 10.0. The summed E-state index contributed by atoms with van der Waals surface area (Å²) in [5.41, 5.74) is -0.0462. The number of morpholine rings is 1. The molecule has 1 aliphatic carbocycles. The zero-order valence-electron chi connectivity index (χ0n) is 9.91. The lowest BCUT2D eigenvalue weighted by molar-refractivity contribution is -0.115. The SMILES string of the molecule is CC1(C)CN(C2CCCCC2O)CCO1. The van der Waals surface area contributed by atoms with Gasteiger partial charge in [0.05, 0.1) is 18.3 Å². The molecule has 2 fully saturated rings. The summed E-state index contributed by atoms with van der Waals surface area (Å²) in [7, 11) is 0. The molecule has 3 nitrogen and oxygen atoms in total. The minimum absolute atomic E-state index is 0.0462. The molecule has 0 aromatic rings. The Morgan fingerprint density at radius 2 is 2.00 bits per heavy atom. The van der Waals surface area contributed by atoms with Crippen LogP contribution in [-0.2, 0) is 4.74 Å². The Hall–Kier alpha value is -0.120. The standard InChI is InChI=1S/C12H23NO2/c1-12(2)9-13(7-8-15-12)10-5-3-4-6-11(10)14/h10-11,14H,3-9H2,1-2H3. The van der Waals surface area contributed by atoms with Crippen LogP contribution in [0.3, 0.4) is 0 Å². The first-order chi connectivity index (χ1) is 7.08. The Morgan fingerprint density at radius 3 is 2.67 bits per heavy atom. The van der Waals surface area contributed by atoms with Crippen molar-refractivity contribution < 1.29 is 9.84 Å². The van der Waals surface area contributed by atoms with Crippen LogP contribution in [0.2, 0.25) is 0 Å². The van der Waals surface area contributed by atoms with Crippen molar-refractivity contribution in [2.45, 2.75) is 57.3 Å². The van der Waals surface area contributed by atoms with Gasteiger partial charge in [-0.25, -0.2) is 0 Å². The predicted octanol–water partition coefficient (Wildman–Crippen LogP) is 1.40. The van der Waals surface area contributed by atoms with Crippen LogP contribution in [0.4, 0.5) is 0 Å². The fraction of sp³-hybridized carbons (Fsp3) is 1.00. The number of nitrogens with zero attached hydrogens (tertiary/aromatic N) is 1. The van der Waals surface area contributed by atoms with Crippen molar-refractivity contribution in [3.05, 3.63) is 0 Å². The van der Waals surface area contributed by atoms with E-state index in [0.717, 1.165) is 32.5 Å². The highest BCUT2D eigenvalue weighted by molar-refractivity contribution is 4.88. The number of rotatable bonds is 1. The normalized spacial score (nSPS) is 37.8. The highest BCUT2D eigenvalue weighted by atomic mass is 16.5. The van der Waals surface area contributed by atoms with Crippen LogP contribution in [0.25, 0.3) is 0 Å². The Kier molecular flexibility index (Phi) is 3.33. The summed E-state index contributed by atoms with van der Waals surface area (Å²) < 4.78 is 5.70. The van der Waals surface area contributed by atoms with E-state index in [1.165, 1.54) is 12.8 Å². The molecular formula is C12H23NO2. The van der Waals surface area contributed by atoms with Crippen LogP contribution in [0.1, 0.15) is 39.5 Å². The molecule has 2 atom stereocenters. The van der Waals surface area contributed by atoms with Crippen molar-refractivity contribution in [2.75, 3.05) is 19.7 Å². The zero-order chi connectivity index (χ0) is 10.9. The van der Waals surface area contributed by atoms with Crippen LogP contribution in [0, 0.1) is 0 Å². The maximum atomic E-state index is 10.0. The summed E-state index contributed by atoms with van der Waals surface area (Å²) in [6.07, 6.45) is 4.46. The van der Waals surface area contributed by atoms with Crippen LogP contribution in [0.15, 0.2) is 0 Å². The number of hydrogen-bond donors (Lipinski definition) is 1. The lowest BCUT2D eigenvalue weighted by atomic mass is 9.90. The van der Waals surface area contributed by atoms with E-state index < -0.39 is 0 Å². The van der Waals surface area contributed by atoms with Crippen LogP contribution in [0.5, 0.6) is 0 Å². The van der Waals surface area contributed by atoms with Crippen LogP contribution in [-0.4, -0.2) is 47.4 Å². The molecule has 2 rings (SSSR count). The Bertz CT molecular complexity index is 218. The maximum Gasteiger partial charge on any atom is 0.0753 e. The van der Waals surface area contributed by atoms with Gasteiger partial charge in [-0.15, -0.1) is 0 Å². The smallest absolute Gasteiger partial charge is 0.0753 e. The average Bonchev–Trinajstić information content (AvgIpc) is 2.17. The van der Waals surface area contributed by atoms with Gasteiger partial charge in [0.25, 0.3) is 0 Å². The molecule has 1 saturated heterocycles. The summed E-state index contributed by atoms with van der Waals surface area (Å²) in [5.74, 6) is 0. The van der Waals surface area contributed by atoms with E-state index in [2.05, 4.69) is 18.7 Å². The first-order valence-electron chi connectivity index (χ1n) is 6.15. The fourth-order valence-corrected chi connectivity index (χ4v) is 2.85. The molecule has 1 heterocycles. The largest absolute Gasteiger partial charge is 0.391 e. The second kappa shape index (κ2) is 4.40. The van der Waals surface area contributed by atoms with E-state index in [4.69, 9.17) is 4.74 Å². The molecule has 15 heavy (non-hydrogen) atoms. The minimum atomic E-state index is -0.118. The molecule has 3 heteroatoms. The van der Waals surface area contributed by atoms with Crippen molar-refractivity contribution in [3.63, 3.8) is 0 Å². The molecule has 1 N–H and O–H groups in total. The van der Waals surface area contributed by atoms with Gasteiger partial charge in [-0.1, -0.05) is 12.8 Å². The predicted molar refractivity (Wildman–Crippen MR) is 59.9 cm³/mol. The van der Waals surface area contributed by atoms with Gasteiger partial charge in [-0.05, 0) is 26.7 Å². The van der Waals surface area contributed by atoms with Crippen molar-refractivity contribution in [3.8, 4) is 0 Å². The Labute approximate surface area is 92.4 Å². The monoisotopic (exact) mass is 213 g/mol. The van der Waals surface area contributed by atoms with Gasteiger partial charge < -0.3 is 9.84 Å². The molecule has 0 bridgehead atoms. The molecule has 2 unspecified atom stereocenters. The number of aliphatic hydroxyl groups excluding tert-OH is 1. The molecule has 1 saturated carbocycles. The lowest BCUT2D eigenvalue weighted by Crippen LogP contribution is -2.55. The highest BCUT2D eigenvalue weighted by Gasteiger charge is 2.35. The Balaban J connectivity index is 1.96. The third-order valence-electron chi connectivity index (χ3n) is 3.62. The quantitative estimate of drug-likeness (QED) is 0.714. The topological polar surface area (TPSA) is 32.7 Å². The van der Waals surface area contributed by atoms with Gasteiger partial charge in [0.15, 0.2) is 0 Å². The lowest BCUT2D eigenvalue weighted by Gasteiger charge is -2.45. The molecule has 1 aliphatic heterocycles. The van der Waals surface area contributed by atoms with Gasteiger partial charge in [-0.3, -0.25) is 4.90 Å². The van der Waals surface area contributed by atoms with E-state index in [-0.39, 0.29) is 11.7 Å². The summed E-state index contributed by atoms with van der Waals surface area (Å²) >= 11 is 0. The molecular weight excluding hydrogens is 190 g/mol. The van der Waals surface area contributed by atoms with E-state index in [1.807, 2.05) is 0 Å². The summed E-state index contributed by atoms with van der Waals surface area (Å²) in [4.78, 5) is 2.42. The van der Waals surface area contributed by atoms with Crippen LogP contribution < -0.4 is 0 Å². The van der Waals surface area contributed by atoms with E-state index in [9.17, 15) is 5.11 Å². The van der Waals surface area contributed by atoms with Crippen molar-refractivity contribution in [1.82, 2.24) is 4.90 Å². The van der Waals surface area contributed by atoms with Gasteiger partial charge >= 0.3 is 0 Å². The van der Waals surface area contributed by atoms with Crippen LogP contribution >= 0.6 is 0 Å². The summed E-state index contributed by atoms with van der Waals surface area (Å²) in [6.45, 7) is 7.00. The first kappa shape index (κ1) is 11.4. The molecule has 0 aromatic carbocycles. The summed E-state index contributed by atoms with van der Waals surface area (Å²) in [6, 6.07) is 0.377. The van der Waals surface area contributed by atoms with E-state index >= 15 is 0 Å². The minimum Gasteiger partial charge on any atom is -0.391 e.